The molecule has 5 nitrogen and oxygen atoms in total. The van der Waals surface area contributed by atoms with Gasteiger partial charge in [0.25, 0.3) is 5.91 Å². The lowest BCUT2D eigenvalue weighted by molar-refractivity contribution is -0.142. The van der Waals surface area contributed by atoms with Gasteiger partial charge in [0.1, 0.15) is 17.6 Å². The van der Waals surface area contributed by atoms with Crippen LogP contribution in [0.3, 0.4) is 0 Å². The minimum absolute atomic E-state index is 0.182. The standard InChI is InChI=1S/C22H27FN2O3/c1-5-19(22(27)24-4)25(13-17-8-10-18(23)11-9-17)21(26)14-28-20-12-15(2)6-7-16(20)3/h6-12,19H,5,13-14H2,1-4H3,(H,24,27)/t19-/m0/s1. The predicted octanol–water partition coefficient (Wildman–Crippen LogP) is 3.37. The minimum Gasteiger partial charge on any atom is -0.483 e. The number of ether oxygens (including phenoxy) is 1. The maximum Gasteiger partial charge on any atom is 0.261 e. The van der Waals surface area contributed by atoms with E-state index in [2.05, 4.69) is 5.32 Å². The van der Waals surface area contributed by atoms with E-state index in [-0.39, 0.29) is 30.8 Å². The Morgan fingerprint density at radius 2 is 1.82 bits per heavy atom. The molecule has 0 aliphatic rings. The molecule has 6 heteroatoms. The molecule has 1 atom stereocenters. The average Bonchev–Trinajstić information content (AvgIpc) is 2.69. The van der Waals surface area contributed by atoms with Gasteiger partial charge in [-0.15, -0.1) is 0 Å². The molecule has 0 aromatic heterocycles. The van der Waals surface area contributed by atoms with Crippen molar-refractivity contribution in [2.75, 3.05) is 13.7 Å². The highest BCUT2D eigenvalue weighted by atomic mass is 19.1. The van der Waals surface area contributed by atoms with Gasteiger partial charge in [-0.2, -0.15) is 0 Å². The van der Waals surface area contributed by atoms with Gasteiger partial charge in [0, 0.05) is 13.6 Å². The molecule has 0 spiro atoms. The number of carbonyl (C=O) groups excluding carboxylic acids is 2. The van der Waals surface area contributed by atoms with Crippen LogP contribution in [0.25, 0.3) is 0 Å². The second-order valence-electron chi connectivity index (χ2n) is 6.74. The highest BCUT2D eigenvalue weighted by molar-refractivity contribution is 5.88. The van der Waals surface area contributed by atoms with Gasteiger partial charge in [-0.05, 0) is 55.2 Å². The summed E-state index contributed by atoms with van der Waals surface area (Å²) in [4.78, 5) is 26.7. The zero-order chi connectivity index (χ0) is 20.7. The van der Waals surface area contributed by atoms with E-state index in [1.807, 2.05) is 39.0 Å². The van der Waals surface area contributed by atoms with Crippen LogP contribution >= 0.6 is 0 Å². The maximum atomic E-state index is 13.2. The van der Waals surface area contributed by atoms with Crippen LogP contribution in [0.5, 0.6) is 5.75 Å². The fourth-order valence-electron chi connectivity index (χ4n) is 2.96. The van der Waals surface area contributed by atoms with Crippen molar-refractivity contribution in [3.05, 3.63) is 65.0 Å². The number of benzene rings is 2. The Bertz CT molecular complexity index is 821. The molecule has 0 heterocycles. The smallest absolute Gasteiger partial charge is 0.261 e. The van der Waals surface area contributed by atoms with E-state index in [1.165, 1.54) is 24.1 Å². The molecule has 0 aliphatic heterocycles. The van der Waals surface area contributed by atoms with E-state index in [1.54, 1.807) is 12.1 Å². The average molecular weight is 386 g/mol. The molecule has 2 rings (SSSR count). The number of nitrogens with one attached hydrogen (secondary N) is 1. The Morgan fingerprint density at radius 3 is 2.43 bits per heavy atom. The third-order valence-electron chi connectivity index (χ3n) is 4.59. The van der Waals surface area contributed by atoms with E-state index in [9.17, 15) is 14.0 Å². The number of hydrogen-bond donors (Lipinski definition) is 1. The van der Waals surface area contributed by atoms with Crippen molar-refractivity contribution in [2.24, 2.45) is 0 Å². The molecule has 0 saturated carbocycles. The Hall–Kier alpha value is -2.89. The van der Waals surface area contributed by atoms with Crippen LogP contribution in [-0.4, -0.2) is 36.4 Å². The molecule has 0 saturated heterocycles. The van der Waals surface area contributed by atoms with Crippen molar-refractivity contribution in [3.8, 4) is 5.75 Å². The Balaban J connectivity index is 2.20. The number of hydrogen-bond acceptors (Lipinski definition) is 3. The number of halogens is 1. The number of carbonyl (C=O) groups is 2. The second-order valence-corrected chi connectivity index (χ2v) is 6.74. The van der Waals surface area contributed by atoms with Gasteiger partial charge in [0.2, 0.25) is 5.91 Å². The van der Waals surface area contributed by atoms with Crippen LogP contribution in [0.4, 0.5) is 4.39 Å². The van der Waals surface area contributed by atoms with E-state index in [4.69, 9.17) is 4.74 Å². The predicted molar refractivity (Wildman–Crippen MR) is 107 cm³/mol. The SMILES string of the molecule is CC[C@@H](C(=O)NC)N(Cc1ccc(F)cc1)C(=O)COc1cc(C)ccc1C. The molecule has 2 aromatic rings. The van der Waals surface area contributed by atoms with Gasteiger partial charge < -0.3 is 15.0 Å². The second kappa shape index (κ2) is 9.88. The van der Waals surface area contributed by atoms with E-state index in [0.29, 0.717) is 12.2 Å². The molecule has 28 heavy (non-hydrogen) atoms. The topological polar surface area (TPSA) is 58.6 Å². The summed E-state index contributed by atoms with van der Waals surface area (Å²) in [5.41, 5.74) is 2.71. The molecule has 1 N–H and O–H groups in total. The third kappa shape index (κ3) is 5.55. The van der Waals surface area contributed by atoms with Gasteiger partial charge >= 0.3 is 0 Å². The monoisotopic (exact) mass is 386 g/mol. The summed E-state index contributed by atoms with van der Waals surface area (Å²) in [6.07, 6.45) is 0.454. The molecule has 0 aliphatic carbocycles. The zero-order valence-electron chi connectivity index (χ0n) is 16.8. The Kier molecular flexibility index (Phi) is 7.55. The van der Waals surface area contributed by atoms with Gasteiger partial charge in [0.15, 0.2) is 6.61 Å². The molecule has 2 aromatic carbocycles. The first-order chi connectivity index (χ1) is 13.3. The van der Waals surface area contributed by atoms with Gasteiger partial charge in [-0.3, -0.25) is 9.59 Å². The molecular weight excluding hydrogens is 359 g/mol. The lowest BCUT2D eigenvalue weighted by Gasteiger charge is -2.30. The minimum atomic E-state index is -0.634. The Morgan fingerprint density at radius 1 is 1.14 bits per heavy atom. The van der Waals surface area contributed by atoms with E-state index < -0.39 is 6.04 Å². The van der Waals surface area contributed by atoms with Crippen molar-refractivity contribution < 1.29 is 18.7 Å². The first-order valence-electron chi connectivity index (χ1n) is 9.31. The summed E-state index contributed by atoms with van der Waals surface area (Å²) in [5, 5.41) is 2.60. The normalized spacial score (nSPS) is 11.6. The van der Waals surface area contributed by atoms with Crippen LogP contribution in [-0.2, 0) is 16.1 Å². The zero-order valence-corrected chi connectivity index (χ0v) is 16.8. The highest BCUT2D eigenvalue weighted by Crippen LogP contribution is 2.20. The summed E-state index contributed by atoms with van der Waals surface area (Å²) in [5.74, 6) is -0.258. The van der Waals surface area contributed by atoms with Gasteiger partial charge in [-0.25, -0.2) is 4.39 Å². The first-order valence-corrected chi connectivity index (χ1v) is 9.31. The molecule has 2 amide bonds. The molecule has 0 bridgehead atoms. The van der Waals surface area contributed by atoms with Crippen LogP contribution in [0.1, 0.15) is 30.0 Å². The van der Waals surface area contributed by atoms with E-state index in [0.717, 1.165) is 16.7 Å². The van der Waals surface area contributed by atoms with Crippen molar-refractivity contribution in [1.29, 1.82) is 0 Å². The number of rotatable bonds is 8. The number of nitrogens with zero attached hydrogens (tertiary/aromatic N) is 1. The number of aryl methyl sites for hydroxylation is 2. The van der Waals surface area contributed by atoms with Gasteiger partial charge in [-0.1, -0.05) is 31.2 Å². The molecule has 0 unspecified atom stereocenters. The van der Waals surface area contributed by atoms with Crippen molar-refractivity contribution in [1.82, 2.24) is 10.2 Å². The first kappa shape index (κ1) is 21.4. The van der Waals surface area contributed by atoms with Gasteiger partial charge in [0.05, 0.1) is 0 Å². The molecule has 150 valence electrons. The maximum absolute atomic E-state index is 13.2. The number of likely N-dealkylation sites (N-methyl/N-ethyl adjacent to an activating group) is 1. The fourth-order valence-corrected chi connectivity index (χ4v) is 2.96. The fraction of sp³-hybridized carbons (Fsp3) is 0.364. The lowest BCUT2D eigenvalue weighted by atomic mass is 10.1. The summed E-state index contributed by atoms with van der Waals surface area (Å²) < 4.78 is 18.9. The van der Waals surface area contributed by atoms with Crippen molar-refractivity contribution in [2.45, 2.75) is 39.8 Å². The van der Waals surface area contributed by atoms with E-state index >= 15 is 0 Å². The molecule has 0 radical (unpaired) electrons. The van der Waals surface area contributed by atoms with Crippen molar-refractivity contribution in [3.63, 3.8) is 0 Å². The molecule has 0 fully saturated rings. The molecular formula is C22H27FN2O3. The summed E-state index contributed by atoms with van der Waals surface area (Å²) in [6, 6.07) is 11.0. The van der Waals surface area contributed by atoms with Crippen LogP contribution in [0.15, 0.2) is 42.5 Å². The van der Waals surface area contributed by atoms with Crippen LogP contribution in [0.2, 0.25) is 0 Å². The highest BCUT2D eigenvalue weighted by Gasteiger charge is 2.28. The Labute approximate surface area is 165 Å². The largest absolute Gasteiger partial charge is 0.483 e. The van der Waals surface area contributed by atoms with Crippen molar-refractivity contribution >= 4 is 11.8 Å². The third-order valence-corrected chi connectivity index (χ3v) is 4.59. The lowest BCUT2D eigenvalue weighted by Crippen LogP contribution is -2.49. The summed E-state index contributed by atoms with van der Waals surface area (Å²) in [6.45, 7) is 5.72. The van der Waals surface area contributed by atoms with Crippen LogP contribution in [0, 0.1) is 19.7 Å². The summed E-state index contributed by atoms with van der Waals surface area (Å²) in [7, 11) is 1.54. The van der Waals surface area contributed by atoms with Crippen LogP contribution < -0.4 is 10.1 Å². The summed E-state index contributed by atoms with van der Waals surface area (Å²) >= 11 is 0. The quantitative estimate of drug-likeness (QED) is 0.757. The number of amides is 2.